The van der Waals surface area contributed by atoms with E-state index in [0.717, 1.165) is 11.8 Å². The van der Waals surface area contributed by atoms with E-state index in [1.165, 1.54) is 25.7 Å². The molecule has 0 spiro atoms. The topological polar surface area (TPSA) is 88.2 Å². The summed E-state index contributed by atoms with van der Waals surface area (Å²) in [6, 6.07) is 0.205. The summed E-state index contributed by atoms with van der Waals surface area (Å²) in [5.74, 6) is 0.164. The van der Waals surface area contributed by atoms with Gasteiger partial charge < -0.3 is 14.8 Å². The van der Waals surface area contributed by atoms with Crippen LogP contribution < -0.4 is 0 Å². The van der Waals surface area contributed by atoms with Crippen LogP contribution in [0.1, 0.15) is 44.5 Å². The fraction of sp³-hybridized carbons (Fsp3) is 0.750. The number of carbonyl (C=O) groups is 1. The van der Waals surface area contributed by atoms with Crippen molar-refractivity contribution < 1.29 is 15.0 Å². The molecule has 19 heavy (non-hydrogen) atoms. The van der Waals surface area contributed by atoms with Gasteiger partial charge >= 0.3 is 5.97 Å². The van der Waals surface area contributed by atoms with E-state index < -0.39 is 5.97 Å². The van der Waals surface area contributed by atoms with E-state index >= 15 is 0 Å². The van der Waals surface area contributed by atoms with Crippen LogP contribution in [-0.4, -0.2) is 36.7 Å². The zero-order valence-electron chi connectivity index (χ0n) is 10.9. The highest BCUT2D eigenvalue weighted by atomic mass is 32.2. The number of aromatic nitrogens is 3. The van der Waals surface area contributed by atoms with Crippen LogP contribution in [0.2, 0.25) is 0 Å². The summed E-state index contributed by atoms with van der Waals surface area (Å²) in [5.41, 5.74) is 0. The Morgan fingerprint density at radius 3 is 2.74 bits per heavy atom. The molecule has 2 N–H and O–H groups in total. The van der Waals surface area contributed by atoms with E-state index in [9.17, 15) is 9.90 Å². The summed E-state index contributed by atoms with van der Waals surface area (Å²) < 4.78 is 1.91. The lowest BCUT2D eigenvalue weighted by Gasteiger charge is -2.23. The second-order valence-corrected chi connectivity index (χ2v) is 5.84. The van der Waals surface area contributed by atoms with Crippen molar-refractivity contribution >= 4 is 17.7 Å². The Balaban J connectivity index is 2.19. The van der Waals surface area contributed by atoms with Crippen molar-refractivity contribution in [2.24, 2.45) is 5.92 Å². The first-order valence-corrected chi connectivity index (χ1v) is 7.51. The smallest absolute Gasteiger partial charge is 0.313 e. The molecule has 6 nitrogen and oxygen atoms in total. The van der Waals surface area contributed by atoms with Crippen molar-refractivity contribution in [3.63, 3.8) is 0 Å². The van der Waals surface area contributed by atoms with Crippen molar-refractivity contribution in [3.8, 4) is 0 Å². The molecule has 1 heterocycles. The Morgan fingerprint density at radius 1 is 1.47 bits per heavy atom. The van der Waals surface area contributed by atoms with Crippen LogP contribution >= 0.6 is 11.8 Å². The predicted octanol–water partition coefficient (Wildman–Crippen LogP) is 1.70. The third-order valence-electron chi connectivity index (χ3n) is 3.69. The van der Waals surface area contributed by atoms with Gasteiger partial charge in [-0.2, -0.15) is 0 Å². The third kappa shape index (κ3) is 3.27. The first-order chi connectivity index (χ1) is 9.13. The largest absolute Gasteiger partial charge is 0.481 e. The Labute approximate surface area is 116 Å². The minimum Gasteiger partial charge on any atom is -0.481 e. The van der Waals surface area contributed by atoms with Gasteiger partial charge in [0.15, 0.2) is 11.0 Å². The molecule has 7 heteroatoms. The van der Waals surface area contributed by atoms with Crippen LogP contribution in [0.5, 0.6) is 0 Å². The first kappa shape index (κ1) is 14.3. The van der Waals surface area contributed by atoms with Crippen LogP contribution in [0, 0.1) is 5.92 Å². The molecule has 1 saturated carbocycles. The minimum absolute atomic E-state index is 0.0407. The van der Waals surface area contributed by atoms with Crippen LogP contribution in [0.3, 0.4) is 0 Å². The van der Waals surface area contributed by atoms with Gasteiger partial charge in [-0.1, -0.05) is 24.6 Å². The average molecular weight is 285 g/mol. The van der Waals surface area contributed by atoms with Crippen LogP contribution in [0.4, 0.5) is 0 Å². The minimum atomic E-state index is -0.876. The van der Waals surface area contributed by atoms with E-state index in [1.54, 1.807) is 0 Å². The number of aliphatic hydroxyl groups excluding tert-OH is 1. The molecular formula is C12H19N3O3S. The number of thioether (sulfide) groups is 1. The molecule has 2 rings (SSSR count). The summed E-state index contributed by atoms with van der Waals surface area (Å²) in [7, 11) is 0. The molecule has 1 atom stereocenters. The lowest BCUT2D eigenvalue weighted by molar-refractivity contribution is -0.133. The highest BCUT2D eigenvalue weighted by molar-refractivity contribution is 7.99. The van der Waals surface area contributed by atoms with E-state index in [1.807, 2.05) is 4.57 Å². The van der Waals surface area contributed by atoms with Gasteiger partial charge in [0.1, 0.15) is 6.61 Å². The fourth-order valence-corrected chi connectivity index (χ4v) is 3.46. The summed E-state index contributed by atoms with van der Waals surface area (Å²) in [5, 5.41) is 26.7. The van der Waals surface area contributed by atoms with Gasteiger partial charge in [-0.05, 0) is 25.7 Å². The molecule has 106 valence electrons. The molecule has 0 bridgehead atoms. The molecule has 0 aliphatic heterocycles. The van der Waals surface area contributed by atoms with E-state index in [2.05, 4.69) is 17.1 Å². The molecular weight excluding hydrogens is 266 g/mol. The molecule has 1 fully saturated rings. The van der Waals surface area contributed by atoms with Gasteiger partial charge in [0.2, 0.25) is 0 Å². The van der Waals surface area contributed by atoms with Crippen molar-refractivity contribution in [1.29, 1.82) is 0 Å². The lowest BCUT2D eigenvalue weighted by Crippen LogP contribution is -2.18. The summed E-state index contributed by atoms with van der Waals surface area (Å²) in [6.07, 6.45) is 4.83. The first-order valence-electron chi connectivity index (χ1n) is 6.52. The second kappa shape index (κ2) is 6.38. The zero-order chi connectivity index (χ0) is 13.8. The lowest BCUT2D eigenvalue weighted by atomic mass is 9.99. The van der Waals surface area contributed by atoms with E-state index in [-0.39, 0.29) is 18.4 Å². The fourth-order valence-electron chi connectivity index (χ4n) is 2.70. The molecule has 1 aromatic rings. The number of rotatable bonds is 6. The number of nitrogens with zero attached hydrogens (tertiary/aromatic N) is 3. The van der Waals surface area contributed by atoms with Crippen molar-refractivity contribution in [1.82, 2.24) is 14.8 Å². The van der Waals surface area contributed by atoms with Gasteiger partial charge in [-0.25, -0.2) is 0 Å². The monoisotopic (exact) mass is 285 g/mol. The molecule has 0 amide bonds. The second-order valence-electron chi connectivity index (χ2n) is 4.89. The van der Waals surface area contributed by atoms with Gasteiger partial charge in [-0.3, -0.25) is 4.79 Å². The van der Waals surface area contributed by atoms with Crippen LogP contribution in [0.25, 0.3) is 0 Å². The summed E-state index contributed by atoms with van der Waals surface area (Å²) in [6.45, 7) is 1.93. The maximum atomic E-state index is 10.7. The molecule has 1 unspecified atom stereocenters. The Kier molecular flexibility index (Phi) is 4.81. The molecule has 1 aliphatic rings. The molecule has 0 radical (unpaired) electrons. The number of hydrogen-bond acceptors (Lipinski definition) is 5. The van der Waals surface area contributed by atoms with Gasteiger partial charge in [0.25, 0.3) is 0 Å². The van der Waals surface area contributed by atoms with Crippen LogP contribution in [-0.2, 0) is 11.4 Å². The molecule has 0 saturated heterocycles. The number of aliphatic carboxylic acids is 1. The Hall–Kier alpha value is -1.08. The quantitative estimate of drug-likeness (QED) is 0.773. The molecule has 0 aromatic carbocycles. The molecule has 1 aliphatic carbocycles. The van der Waals surface area contributed by atoms with Crippen LogP contribution in [0.15, 0.2) is 5.16 Å². The van der Waals surface area contributed by atoms with E-state index in [4.69, 9.17) is 5.11 Å². The average Bonchev–Trinajstić information content (AvgIpc) is 3.04. The zero-order valence-corrected chi connectivity index (χ0v) is 11.8. The Morgan fingerprint density at radius 2 is 2.16 bits per heavy atom. The predicted molar refractivity (Wildman–Crippen MR) is 71.0 cm³/mol. The summed E-state index contributed by atoms with van der Waals surface area (Å²) in [4.78, 5) is 10.7. The van der Waals surface area contributed by atoms with Crippen molar-refractivity contribution in [2.75, 3.05) is 5.75 Å². The number of carboxylic acid groups (broad SMARTS) is 1. The SMILES string of the molecule is CC(C1CCCC1)n1c(CO)nnc1SCC(=O)O. The van der Waals surface area contributed by atoms with Gasteiger partial charge in [0, 0.05) is 6.04 Å². The highest BCUT2D eigenvalue weighted by Gasteiger charge is 2.27. The van der Waals surface area contributed by atoms with Crippen molar-refractivity contribution in [2.45, 2.75) is 50.4 Å². The van der Waals surface area contributed by atoms with Gasteiger partial charge in [-0.15, -0.1) is 10.2 Å². The van der Waals surface area contributed by atoms with Crippen molar-refractivity contribution in [3.05, 3.63) is 5.82 Å². The van der Waals surface area contributed by atoms with Gasteiger partial charge in [0.05, 0.1) is 5.75 Å². The number of aliphatic hydroxyl groups is 1. The number of hydrogen-bond donors (Lipinski definition) is 2. The highest BCUT2D eigenvalue weighted by Crippen LogP contribution is 2.36. The summed E-state index contributed by atoms with van der Waals surface area (Å²) >= 11 is 1.16. The normalized spacial score (nSPS) is 17.8. The third-order valence-corrected chi connectivity index (χ3v) is 4.62. The Bertz CT molecular complexity index is 443. The maximum absolute atomic E-state index is 10.7. The maximum Gasteiger partial charge on any atom is 0.313 e. The molecule has 1 aromatic heterocycles. The number of carboxylic acids is 1. The van der Waals surface area contributed by atoms with E-state index in [0.29, 0.717) is 16.9 Å². The standard InChI is InChI=1S/C12H19N3O3S/c1-8(9-4-2-3-5-9)15-10(6-16)13-14-12(15)19-7-11(17)18/h8-9,16H,2-7H2,1H3,(H,17,18).